The highest BCUT2D eigenvalue weighted by Crippen LogP contribution is 2.25. The maximum absolute atomic E-state index is 12.1. The molecule has 0 aliphatic rings. The number of hydrogen-bond donors (Lipinski definition) is 0. The number of ketones is 1. The number of carbonyl (C=O) groups excluding carboxylic acids is 1. The standard InChI is InChI=1S/C13H15NO/c1-4-13(2,3)12(15)11-7-5-6-10(8-11)9-14/h5-8H,4H2,1-3H3. The molecule has 2 heteroatoms. The lowest BCUT2D eigenvalue weighted by atomic mass is 9.82. The first-order valence-corrected chi connectivity index (χ1v) is 5.06. The largest absolute Gasteiger partial charge is 0.294 e. The predicted molar refractivity (Wildman–Crippen MR) is 59.6 cm³/mol. The monoisotopic (exact) mass is 201 g/mol. The van der Waals surface area contributed by atoms with Gasteiger partial charge in [0, 0.05) is 11.0 Å². The number of hydrogen-bond acceptors (Lipinski definition) is 2. The topological polar surface area (TPSA) is 40.9 Å². The Kier molecular flexibility index (Phi) is 3.26. The third-order valence-corrected chi connectivity index (χ3v) is 2.75. The number of rotatable bonds is 3. The highest BCUT2D eigenvalue weighted by molar-refractivity contribution is 6.00. The first-order valence-electron chi connectivity index (χ1n) is 5.06. The molecular formula is C13H15NO. The van der Waals surface area contributed by atoms with Crippen LogP contribution in [0.2, 0.25) is 0 Å². The minimum atomic E-state index is -0.353. The van der Waals surface area contributed by atoms with E-state index in [0.29, 0.717) is 11.1 Å². The van der Waals surface area contributed by atoms with Crippen LogP contribution in [0.4, 0.5) is 0 Å². The molecule has 0 aliphatic carbocycles. The molecule has 0 amide bonds. The quantitative estimate of drug-likeness (QED) is 0.705. The molecule has 0 N–H and O–H groups in total. The molecule has 0 aromatic heterocycles. The van der Waals surface area contributed by atoms with Gasteiger partial charge < -0.3 is 0 Å². The van der Waals surface area contributed by atoms with E-state index in [1.165, 1.54) is 0 Å². The van der Waals surface area contributed by atoms with Crippen LogP contribution in [0.25, 0.3) is 0 Å². The van der Waals surface area contributed by atoms with Crippen molar-refractivity contribution in [2.45, 2.75) is 27.2 Å². The van der Waals surface area contributed by atoms with Gasteiger partial charge in [-0.3, -0.25) is 4.79 Å². The van der Waals surface area contributed by atoms with Crippen LogP contribution in [-0.2, 0) is 0 Å². The van der Waals surface area contributed by atoms with Crippen molar-refractivity contribution in [1.29, 1.82) is 5.26 Å². The van der Waals surface area contributed by atoms with Crippen LogP contribution in [-0.4, -0.2) is 5.78 Å². The van der Waals surface area contributed by atoms with Gasteiger partial charge in [-0.15, -0.1) is 0 Å². The molecule has 0 radical (unpaired) electrons. The number of carbonyl (C=O) groups is 1. The van der Waals surface area contributed by atoms with Crippen LogP contribution >= 0.6 is 0 Å². The van der Waals surface area contributed by atoms with Crippen LogP contribution in [0.5, 0.6) is 0 Å². The maximum Gasteiger partial charge on any atom is 0.168 e. The molecule has 15 heavy (non-hydrogen) atoms. The van der Waals surface area contributed by atoms with Crippen LogP contribution in [0.1, 0.15) is 43.1 Å². The van der Waals surface area contributed by atoms with E-state index in [1.54, 1.807) is 24.3 Å². The van der Waals surface area contributed by atoms with Gasteiger partial charge in [-0.25, -0.2) is 0 Å². The van der Waals surface area contributed by atoms with Gasteiger partial charge in [-0.1, -0.05) is 32.9 Å². The summed E-state index contributed by atoms with van der Waals surface area (Å²) >= 11 is 0. The van der Waals surface area contributed by atoms with Crippen LogP contribution in [0.15, 0.2) is 24.3 Å². The van der Waals surface area contributed by atoms with Crippen molar-refractivity contribution in [1.82, 2.24) is 0 Å². The Balaban J connectivity index is 3.08. The molecule has 1 aromatic rings. The smallest absolute Gasteiger partial charge is 0.168 e. The molecule has 0 aliphatic heterocycles. The van der Waals surface area contributed by atoms with E-state index in [9.17, 15) is 4.79 Å². The fourth-order valence-electron chi connectivity index (χ4n) is 1.28. The average Bonchev–Trinajstić information content (AvgIpc) is 2.28. The molecule has 0 unspecified atom stereocenters. The van der Waals surface area contributed by atoms with Crippen molar-refractivity contribution in [3.8, 4) is 6.07 Å². The summed E-state index contributed by atoms with van der Waals surface area (Å²) in [4.78, 5) is 12.1. The van der Waals surface area contributed by atoms with E-state index in [4.69, 9.17) is 5.26 Å². The molecule has 0 saturated carbocycles. The van der Waals surface area contributed by atoms with Gasteiger partial charge in [0.1, 0.15) is 0 Å². The number of nitriles is 1. The van der Waals surface area contributed by atoms with E-state index in [2.05, 4.69) is 0 Å². The van der Waals surface area contributed by atoms with Gasteiger partial charge in [0.2, 0.25) is 0 Å². The van der Waals surface area contributed by atoms with E-state index in [0.717, 1.165) is 6.42 Å². The molecule has 0 fully saturated rings. The van der Waals surface area contributed by atoms with Crippen LogP contribution in [0.3, 0.4) is 0 Å². The second-order valence-electron chi connectivity index (χ2n) is 4.26. The van der Waals surface area contributed by atoms with Crippen molar-refractivity contribution >= 4 is 5.78 Å². The second kappa shape index (κ2) is 4.27. The summed E-state index contributed by atoms with van der Waals surface area (Å²) < 4.78 is 0. The second-order valence-corrected chi connectivity index (χ2v) is 4.26. The normalized spacial score (nSPS) is 10.8. The maximum atomic E-state index is 12.1. The van der Waals surface area contributed by atoms with E-state index in [1.807, 2.05) is 26.8 Å². The van der Waals surface area contributed by atoms with E-state index < -0.39 is 0 Å². The molecular weight excluding hydrogens is 186 g/mol. The van der Waals surface area contributed by atoms with Gasteiger partial charge in [-0.05, 0) is 18.6 Å². The van der Waals surface area contributed by atoms with Crippen molar-refractivity contribution in [2.75, 3.05) is 0 Å². The third-order valence-electron chi connectivity index (χ3n) is 2.75. The lowest BCUT2D eigenvalue weighted by molar-refractivity contribution is 0.0833. The Morgan fingerprint density at radius 3 is 2.67 bits per heavy atom. The number of nitrogens with zero attached hydrogens (tertiary/aromatic N) is 1. The Hall–Kier alpha value is -1.62. The summed E-state index contributed by atoms with van der Waals surface area (Å²) in [6.07, 6.45) is 0.794. The van der Waals surface area contributed by atoms with Gasteiger partial charge >= 0.3 is 0 Å². The summed E-state index contributed by atoms with van der Waals surface area (Å²) in [7, 11) is 0. The third kappa shape index (κ3) is 2.44. The average molecular weight is 201 g/mol. The summed E-state index contributed by atoms with van der Waals surface area (Å²) in [6, 6.07) is 8.91. The van der Waals surface area contributed by atoms with E-state index in [-0.39, 0.29) is 11.2 Å². The minimum absolute atomic E-state index is 0.0992. The summed E-state index contributed by atoms with van der Waals surface area (Å²) in [5.74, 6) is 0.0992. The first-order chi connectivity index (χ1) is 7.01. The molecule has 0 heterocycles. The highest BCUT2D eigenvalue weighted by Gasteiger charge is 2.26. The Morgan fingerprint density at radius 1 is 1.47 bits per heavy atom. The Morgan fingerprint density at radius 2 is 2.13 bits per heavy atom. The van der Waals surface area contributed by atoms with Crippen molar-refractivity contribution in [3.63, 3.8) is 0 Å². The molecule has 1 aromatic carbocycles. The number of Topliss-reactive ketones (excluding diaryl/α,β-unsaturated/α-hetero) is 1. The molecule has 78 valence electrons. The minimum Gasteiger partial charge on any atom is -0.294 e. The summed E-state index contributed by atoms with van der Waals surface area (Å²) in [5, 5.41) is 8.74. The lowest BCUT2D eigenvalue weighted by Gasteiger charge is -2.20. The summed E-state index contributed by atoms with van der Waals surface area (Å²) in [5.41, 5.74) is 0.808. The fourth-order valence-corrected chi connectivity index (χ4v) is 1.28. The zero-order valence-corrected chi connectivity index (χ0v) is 9.37. The Bertz CT molecular complexity index is 413. The lowest BCUT2D eigenvalue weighted by Crippen LogP contribution is -2.23. The Labute approximate surface area is 90.5 Å². The highest BCUT2D eigenvalue weighted by atomic mass is 16.1. The van der Waals surface area contributed by atoms with Crippen molar-refractivity contribution in [3.05, 3.63) is 35.4 Å². The SMILES string of the molecule is CCC(C)(C)C(=O)c1cccc(C#N)c1. The van der Waals surface area contributed by atoms with Gasteiger partial charge in [0.05, 0.1) is 11.6 Å². The fraction of sp³-hybridized carbons (Fsp3) is 0.385. The zero-order chi connectivity index (χ0) is 11.5. The molecule has 0 atom stereocenters. The molecule has 0 saturated heterocycles. The van der Waals surface area contributed by atoms with Crippen molar-refractivity contribution < 1.29 is 4.79 Å². The van der Waals surface area contributed by atoms with Gasteiger partial charge in [-0.2, -0.15) is 5.26 Å². The van der Waals surface area contributed by atoms with Gasteiger partial charge in [0.15, 0.2) is 5.78 Å². The molecule has 0 spiro atoms. The van der Waals surface area contributed by atoms with Crippen LogP contribution in [0, 0.1) is 16.7 Å². The molecule has 2 nitrogen and oxygen atoms in total. The molecule has 0 bridgehead atoms. The van der Waals surface area contributed by atoms with Crippen molar-refractivity contribution in [2.24, 2.45) is 5.41 Å². The first kappa shape index (κ1) is 11.5. The molecule has 1 rings (SSSR count). The van der Waals surface area contributed by atoms with Gasteiger partial charge in [0.25, 0.3) is 0 Å². The zero-order valence-electron chi connectivity index (χ0n) is 9.37. The predicted octanol–water partition coefficient (Wildman–Crippen LogP) is 3.18. The van der Waals surface area contributed by atoms with Crippen LogP contribution < -0.4 is 0 Å². The summed E-state index contributed by atoms with van der Waals surface area (Å²) in [6.45, 7) is 5.84. The number of benzene rings is 1. The van der Waals surface area contributed by atoms with E-state index >= 15 is 0 Å².